The predicted octanol–water partition coefficient (Wildman–Crippen LogP) is 3.49. The van der Waals surface area contributed by atoms with Crippen LogP contribution >= 0.6 is 22.6 Å². The first-order valence-electron chi connectivity index (χ1n) is 8.21. The summed E-state index contributed by atoms with van der Waals surface area (Å²) in [6.45, 7) is 4.12. The van der Waals surface area contributed by atoms with Crippen LogP contribution in [0.3, 0.4) is 0 Å². The number of amides is 1. The van der Waals surface area contributed by atoms with Crippen molar-refractivity contribution in [3.05, 3.63) is 51.6 Å². The van der Waals surface area contributed by atoms with Crippen LogP contribution < -0.4 is 14.2 Å². The third-order valence-corrected chi connectivity index (χ3v) is 4.64. The number of likely N-dealkylation sites (N-methyl/N-ethyl adjacent to an activating group) is 1. The number of nitrogens with zero attached hydrogens (tertiary/aromatic N) is 1. The van der Waals surface area contributed by atoms with Crippen LogP contribution in [-0.2, 0) is 11.3 Å². The second-order valence-corrected chi connectivity index (χ2v) is 6.84. The van der Waals surface area contributed by atoms with Gasteiger partial charge in [0.15, 0.2) is 18.1 Å². The number of benzene rings is 2. The maximum absolute atomic E-state index is 12.5. The number of hydrogen-bond donors (Lipinski definition) is 0. The molecule has 2 aromatic carbocycles. The second-order valence-electron chi connectivity index (χ2n) is 5.59. The molecule has 25 heavy (non-hydrogen) atoms. The molecule has 6 heteroatoms. The van der Waals surface area contributed by atoms with Gasteiger partial charge < -0.3 is 19.1 Å². The Labute approximate surface area is 161 Å². The van der Waals surface area contributed by atoms with E-state index in [0.29, 0.717) is 32.1 Å². The number of rotatable bonds is 6. The minimum atomic E-state index is -0.0598. The van der Waals surface area contributed by atoms with Gasteiger partial charge in [0.05, 0.1) is 0 Å². The molecule has 0 fully saturated rings. The normalized spacial score (nSPS) is 12.6. The first-order chi connectivity index (χ1) is 12.2. The lowest BCUT2D eigenvalue weighted by Gasteiger charge is -2.25. The lowest BCUT2D eigenvalue weighted by atomic mass is 10.1. The smallest absolute Gasteiger partial charge is 0.260 e. The number of carbonyl (C=O) groups is 1. The van der Waals surface area contributed by atoms with Crippen molar-refractivity contribution in [3.63, 3.8) is 0 Å². The number of fused-ring (bicyclic) bond motifs is 1. The highest BCUT2D eigenvalue weighted by Crippen LogP contribution is 2.34. The van der Waals surface area contributed by atoms with Gasteiger partial charge in [-0.1, -0.05) is 12.1 Å². The molecule has 1 aliphatic heterocycles. The molecule has 0 saturated heterocycles. The van der Waals surface area contributed by atoms with Crippen molar-refractivity contribution in [1.29, 1.82) is 0 Å². The fourth-order valence-electron chi connectivity index (χ4n) is 2.61. The van der Waals surface area contributed by atoms with Crippen LogP contribution in [0.15, 0.2) is 42.5 Å². The van der Waals surface area contributed by atoms with E-state index in [2.05, 4.69) is 22.6 Å². The van der Waals surface area contributed by atoms with Crippen molar-refractivity contribution in [1.82, 2.24) is 4.90 Å². The number of hydrogen-bond acceptors (Lipinski definition) is 4. The standard InChI is InChI=1S/C19H20INO4/c1-2-21(18(22)13-25-16-8-6-15(20)7-9-16)12-14-4-3-5-17-19(14)24-11-10-23-17/h3-9H,2,10-13H2,1H3. The lowest BCUT2D eigenvalue weighted by Crippen LogP contribution is -2.34. The zero-order valence-corrected chi connectivity index (χ0v) is 16.2. The highest BCUT2D eigenvalue weighted by atomic mass is 127. The Bertz CT molecular complexity index is 733. The Hall–Kier alpha value is -1.96. The largest absolute Gasteiger partial charge is 0.486 e. The third-order valence-electron chi connectivity index (χ3n) is 3.92. The quantitative estimate of drug-likeness (QED) is 0.629. The first kappa shape index (κ1) is 17.8. The van der Waals surface area contributed by atoms with Gasteiger partial charge in [0.2, 0.25) is 0 Å². The fourth-order valence-corrected chi connectivity index (χ4v) is 2.97. The van der Waals surface area contributed by atoms with E-state index in [9.17, 15) is 4.79 Å². The van der Waals surface area contributed by atoms with E-state index in [0.717, 1.165) is 20.6 Å². The summed E-state index contributed by atoms with van der Waals surface area (Å²) in [5.74, 6) is 2.11. The molecule has 132 valence electrons. The molecule has 0 spiro atoms. The van der Waals surface area contributed by atoms with E-state index < -0.39 is 0 Å². The van der Waals surface area contributed by atoms with Crippen LogP contribution in [0.25, 0.3) is 0 Å². The Morgan fingerprint density at radius 3 is 2.68 bits per heavy atom. The summed E-state index contributed by atoms with van der Waals surface area (Å²) in [4.78, 5) is 14.3. The molecule has 2 aromatic rings. The van der Waals surface area contributed by atoms with Gasteiger partial charge in [-0.05, 0) is 59.8 Å². The SMILES string of the molecule is CCN(Cc1cccc2c1OCCO2)C(=O)COc1ccc(I)cc1. The molecular formula is C19H20INO4. The monoisotopic (exact) mass is 453 g/mol. The summed E-state index contributed by atoms with van der Waals surface area (Å²) in [7, 11) is 0. The molecule has 0 unspecified atom stereocenters. The zero-order valence-electron chi connectivity index (χ0n) is 14.0. The summed E-state index contributed by atoms with van der Waals surface area (Å²) in [6, 6.07) is 13.4. The van der Waals surface area contributed by atoms with Crippen molar-refractivity contribution >= 4 is 28.5 Å². The van der Waals surface area contributed by atoms with Crippen molar-refractivity contribution in [3.8, 4) is 17.2 Å². The first-order valence-corrected chi connectivity index (χ1v) is 9.29. The molecule has 0 radical (unpaired) electrons. The van der Waals surface area contributed by atoms with Gasteiger partial charge in [-0.3, -0.25) is 4.79 Å². The van der Waals surface area contributed by atoms with Gasteiger partial charge in [-0.25, -0.2) is 0 Å². The Balaban J connectivity index is 1.64. The van der Waals surface area contributed by atoms with Gasteiger partial charge in [0, 0.05) is 22.2 Å². The summed E-state index contributed by atoms with van der Waals surface area (Å²) in [6.07, 6.45) is 0. The molecule has 0 aromatic heterocycles. The van der Waals surface area contributed by atoms with Gasteiger partial charge in [-0.15, -0.1) is 0 Å². The number of para-hydroxylation sites is 1. The van der Waals surface area contributed by atoms with Crippen molar-refractivity contribution in [2.24, 2.45) is 0 Å². The molecule has 0 aliphatic carbocycles. The number of carbonyl (C=O) groups excluding carboxylic acids is 1. The van der Waals surface area contributed by atoms with Crippen LogP contribution in [-0.4, -0.2) is 37.2 Å². The van der Waals surface area contributed by atoms with E-state index in [-0.39, 0.29) is 12.5 Å². The summed E-state index contributed by atoms with van der Waals surface area (Å²) in [5, 5.41) is 0. The molecule has 1 amide bonds. The maximum Gasteiger partial charge on any atom is 0.260 e. The summed E-state index contributed by atoms with van der Waals surface area (Å²) < 4.78 is 18.1. The molecular weight excluding hydrogens is 433 g/mol. The molecule has 1 heterocycles. The summed E-state index contributed by atoms with van der Waals surface area (Å²) in [5.41, 5.74) is 0.946. The molecule has 0 bridgehead atoms. The van der Waals surface area contributed by atoms with Gasteiger partial charge in [-0.2, -0.15) is 0 Å². The minimum absolute atomic E-state index is 0.0147. The molecule has 3 rings (SSSR count). The third kappa shape index (κ3) is 4.56. The van der Waals surface area contributed by atoms with E-state index in [1.165, 1.54) is 0 Å². The Kier molecular flexibility index (Phi) is 6.01. The van der Waals surface area contributed by atoms with Crippen LogP contribution in [0.1, 0.15) is 12.5 Å². The van der Waals surface area contributed by atoms with E-state index in [1.54, 1.807) is 4.90 Å². The van der Waals surface area contributed by atoms with Crippen LogP contribution in [0, 0.1) is 3.57 Å². The highest BCUT2D eigenvalue weighted by Gasteiger charge is 2.19. The van der Waals surface area contributed by atoms with Crippen LogP contribution in [0.5, 0.6) is 17.2 Å². The highest BCUT2D eigenvalue weighted by molar-refractivity contribution is 14.1. The predicted molar refractivity (Wildman–Crippen MR) is 103 cm³/mol. The van der Waals surface area contributed by atoms with Crippen molar-refractivity contribution < 1.29 is 19.0 Å². The van der Waals surface area contributed by atoms with Gasteiger partial charge in [0.25, 0.3) is 5.91 Å². The van der Waals surface area contributed by atoms with Crippen molar-refractivity contribution in [2.45, 2.75) is 13.5 Å². The number of halogens is 1. The Morgan fingerprint density at radius 1 is 1.16 bits per heavy atom. The van der Waals surface area contributed by atoms with E-state index in [4.69, 9.17) is 14.2 Å². The average Bonchev–Trinajstić information content (AvgIpc) is 2.65. The fraction of sp³-hybridized carbons (Fsp3) is 0.316. The molecule has 0 N–H and O–H groups in total. The van der Waals surface area contributed by atoms with Crippen molar-refractivity contribution in [2.75, 3.05) is 26.4 Å². The molecule has 0 atom stereocenters. The van der Waals surface area contributed by atoms with Gasteiger partial charge in [0.1, 0.15) is 19.0 Å². The molecule has 5 nitrogen and oxygen atoms in total. The van der Waals surface area contributed by atoms with Gasteiger partial charge >= 0.3 is 0 Å². The minimum Gasteiger partial charge on any atom is -0.486 e. The second kappa shape index (κ2) is 8.42. The maximum atomic E-state index is 12.5. The summed E-state index contributed by atoms with van der Waals surface area (Å²) >= 11 is 2.23. The lowest BCUT2D eigenvalue weighted by molar-refractivity contribution is -0.133. The molecule has 0 saturated carbocycles. The zero-order chi connectivity index (χ0) is 17.6. The van der Waals surface area contributed by atoms with E-state index in [1.807, 2.05) is 49.4 Å². The average molecular weight is 453 g/mol. The number of ether oxygens (including phenoxy) is 3. The topological polar surface area (TPSA) is 48.0 Å². The van der Waals surface area contributed by atoms with Crippen LogP contribution in [0.2, 0.25) is 0 Å². The van der Waals surface area contributed by atoms with Crippen LogP contribution in [0.4, 0.5) is 0 Å². The van der Waals surface area contributed by atoms with E-state index >= 15 is 0 Å². The molecule has 1 aliphatic rings. The Morgan fingerprint density at radius 2 is 1.92 bits per heavy atom.